The molecule has 1 heterocycles. The number of hydrogen-bond donors (Lipinski definition) is 1. The highest BCUT2D eigenvalue weighted by Gasteiger charge is 2.47. The van der Waals surface area contributed by atoms with E-state index in [2.05, 4.69) is 5.32 Å². The largest absolute Gasteiger partial charge is 0.494 e. The second-order valence-corrected chi connectivity index (χ2v) is 6.24. The van der Waals surface area contributed by atoms with Crippen LogP contribution in [0.3, 0.4) is 0 Å². The predicted molar refractivity (Wildman–Crippen MR) is 85.3 cm³/mol. The summed E-state index contributed by atoms with van der Waals surface area (Å²) in [4.78, 5) is 48.5. The number of piperidine rings is 1. The van der Waals surface area contributed by atoms with E-state index >= 15 is 0 Å². The maximum Gasteiger partial charge on any atom is 0.230 e. The molecule has 0 radical (unpaired) electrons. The Morgan fingerprint density at radius 3 is 2.58 bits per heavy atom. The van der Waals surface area contributed by atoms with E-state index in [-0.39, 0.29) is 35.9 Å². The van der Waals surface area contributed by atoms with Crippen molar-refractivity contribution in [2.75, 3.05) is 12.5 Å². The Balaban J connectivity index is 1.83. The summed E-state index contributed by atoms with van der Waals surface area (Å²) in [6.45, 7) is 0.418. The molecular formula is C17H16ClNO5. The Morgan fingerprint density at radius 1 is 1.12 bits per heavy atom. The normalized spacial score (nSPS) is 23.2. The van der Waals surface area contributed by atoms with Crippen LogP contribution in [0.2, 0.25) is 0 Å². The molecule has 0 spiro atoms. The van der Waals surface area contributed by atoms with Gasteiger partial charge in [0.2, 0.25) is 11.8 Å². The zero-order chi connectivity index (χ0) is 17.3. The topological polar surface area (TPSA) is 89.5 Å². The van der Waals surface area contributed by atoms with E-state index in [4.69, 9.17) is 16.3 Å². The summed E-state index contributed by atoms with van der Waals surface area (Å²) in [6, 6.07) is 4.72. The van der Waals surface area contributed by atoms with Gasteiger partial charge in [0.15, 0.2) is 11.6 Å². The molecule has 0 saturated carbocycles. The lowest BCUT2D eigenvalue weighted by atomic mass is 9.82. The van der Waals surface area contributed by atoms with Gasteiger partial charge in [-0.1, -0.05) is 0 Å². The second-order valence-electron chi connectivity index (χ2n) is 5.86. The monoisotopic (exact) mass is 349 g/mol. The number of rotatable bonds is 5. The van der Waals surface area contributed by atoms with Crippen LogP contribution in [0.15, 0.2) is 18.2 Å². The summed E-state index contributed by atoms with van der Waals surface area (Å²) in [6.07, 6.45) is 1.01. The number of alkyl halides is 1. The molecule has 1 aliphatic heterocycles. The molecule has 1 N–H and O–H groups in total. The smallest absolute Gasteiger partial charge is 0.230 e. The lowest BCUT2D eigenvalue weighted by molar-refractivity contribution is -0.137. The van der Waals surface area contributed by atoms with Crippen LogP contribution in [0.25, 0.3) is 0 Å². The van der Waals surface area contributed by atoms with Crippen LogP contribution in [0.5, 0.6) is 5.75 Å². The highest BCUT2D eigenvalue weighted by molar-refractivity contribution is 6.28. The van der Waals surface area contributed by atoms with E-state index in [0.29, 0.717) is 30.2 Å². The number of carbonyl (C=O) groups is 4. The SMILES string of the molecule is O=C1CCC(C2C(=O)c3ccc(OCCCCl)cc3C2=O)C(=O)N1. The van der Waals surface area contributed by atoms with Crippen molar-refractivity contribution in [3.8, 4) is 5.75 Å². The highest BCUT2D eigenvalue weighted by atomic mass is 35.5. The van der Waals surface area contributed by atoms with Gasteiger partial charge in [0.1, 0.15) is 5.75 Å². The van der Waals surface area contributed by atoms with Crippen LogP contribution < -0.4 is 10.1 Å². The summed E-state index contributed by atoms with van der Waals surface area (Å²) in [7, 11) is 0. The summed E-state index contributed by atoms with van der Waals surface area (Å²) in [5, 5.41) is 2.20. The van der Waals surface area contributed by atoms with Gasteiger partial charge in [0, 0.05) is 23.4 Å². The molecule has 0 aromatic heterocycles. The van der Waals surface area contributed by atoms with Crippen LogP contribution in [-0.4, -0.2) is 35.9 Å². The van der Waals surface area contributed by atoms with Gasteiger partial charge in [-0.2, -0.15) is 0 Å². The summed E-state index contributed by atoms with van der Waals surface area (Å²) in [5.74, 6) is -2.55. The van der Waals surface area contributed by atoms with E-state index in [0.717, 1.165) is 0 Å². The van der Waals surface area contributed by atoms with Crippen molar-refractivity contribution in [1.82, 2.24) is 5.32 Å². The van der Waals surface area contributed by atoms with Crippen LogP contribution in [0.4, 0.5) is 0 Å². The van der Waals surface area contributed by atoms with Gasteiger partial charge in [-0.05, 0) is 31.0 Å². The van der Waals surface area contributed by atoms with Crippen molar-refractivity contribution in [2.45, 2.75) is 19.3 Å². The first-order valence-corrected chi connectivity index (χ1v) is 8.31. The van der Waals surface area contributed by atoms with Crippen LogP contribution in [-0.2, 0) is 9.59 Å². The van der Waals surface area contributed by atoms with Crippen molar-refractivity contribution in [3.05, 3.63) is 29.3 Å². The average Bonchev–Trinajstić information content (AvgIpc) is 2.80. The van der Waals surface area contributed by atoms with Gasteiger partial charge in [0.25, 0.3) is 0 Å². The number of Topliss-reactive ketones (excluding diaryl/α,β-unsaturated/α-hetero) is 2. The number of hydrogen-bond acceptors (Lipinski definition) is 5. The third-order valence-electron chi connectivity index (χ3n) is 4.32. The van der Waals surface area contributed by atoms with Crippen molar-refractivity contribution < 1.29 is 23.9 Å². The lowest BCUT2D eigenvalue weighted by Gasteiger charge is -2.23. The molecule has 1 aromatic carbocycles. The van der Waals surface area contributed by atoms with Crippen molar-refractivity contribution in [1.29, 1.82) is 0 Å². The fraction of sp³-hybridized carbons (Fsp3) is 0.412. The van der Waals surface area contributed by atoms with Crippen LogP contribution in [0.1, 0.15) is 40.0 Å². The van der Waals surface area contributed by atoms with Gasteiger partial charge < -0.3 is 4.74 Å². The molecule has 1 aromatic rings. The molecule has 24 heavy (non-hydrogen) atoms. The molecule has 7 heteroatoms. The van der Waals surface area contributed by atoms with Gasteiger partial charge in [-0.15, -0.1) is 11.6 Å². The number of ether oxygens (including phenoxy) is 1. The van der Waals surface area contributed by atoms with E-state index in [1.54, 1.807) is 12.1 Å². The third kappa shape index (κ3) is 2.94. The Morgan fingerprint density at radius 2 is 1.88 bits per heavy atom. The number of ketones is 2. The molecule has 0 bridgehead atoms. The van der Waals surface area contributed by atoms with Crippen molar-refractivity contribution >= 4 is 35.0 Å². The van der Waals surface area contributed by atoms with Gasteiger partial charge >= 0.3 is 0 Å². The average molecular weight is 350 g/mol. The summed E-state index contributed by atoms with van der Waals surface area (Å²) < 4.78 is 5.50. The minimum absolute atomic E-state index is 0.136. The van der Waals surface area contributed by atoms with E-state index in [1.807, 2.05) is 0 Å². The molecule has 2 atom stereocenters. The number of imide groups is 1. The number of carbonyl (C=O) groups excluding carboxylic acids is 4. The molecule has 1 aliphatic carbocycles. The van der Waals surface area contributed by atoms with E-state index < -0.39 is 17.7 Å². The molecule has 3 rings (SSSR count). The minimum Gasteiger partial charge on any atom is -0.494 e. The molecule has 1 fully saturated rings. The predicted octanol–water partition coefficient (Wildman–Crippen LogP) is 1.74. The Bertz CT molecular complexity index is 730. The number of amides is 2. The molecular weight excluding hydrogens is 334 g/mol. The quantitative estimate of drug-likeness (QED) is 0.378. The lowest BCUT2D eigenvalue weighted by Crippen LogP contribution is -2.46. The number of fused-ring (bicyclic) bond motifs is 1. The Kier molecular flexibility index (Phi) is 4.66. The first kappa shape index (κ1) is 16.6. The van der Waals surface area contributed by atoms with Gasteiger partial charge in [-0.25, -0.2) is 0 Å². The Hall–Kier alpha value is -2.21. The summed E-state index contributed by atoms with van der Waals surface area (Å²) in [5.41, 5.74) is 0.581. The molecule has 1 saturated heterocycles. The van der Waals surface area contributed by atoms with Crippen molar-refractivity contribution in [2.24, 2.45) is 11.8 Å². The number of halogens is 1. The minimum atomic E-state index is -1.05. The first-order chi connectivity index (χ1) is 11.5. The maximum absolute atomic E-state index is 12.7. The molecule has 6 nitrogen and oxygen atoms in total. The maximum atomic E-state index is 12.7. The fourth-order valence-electron chi connectivity index (χ4n) is 3.12. The molecule has 2 unspecified atom stereocenters. The highest BCUT2D eigenvalue weighted by Crippen LogP contribution is 2.36. The Labute approximate surface area is 143 Å². The van der Waals surface area contributed by atoms with Crippen molar-refractivity contribution in [3.63, 3.8) is 0 Å². The standard InChI is InChI=1S/C17H16ClNO5/c18-6-1-7-24-9-2-3-10-12(8-9)16(22)14(15(10)21)11-4-5-13(20)19-17(11)23/h2-3,8,11,14H,1,4-7H2,(H,19,20,23). The molecule has 2 aliphatic rings. The number of nitrogens with one attached hydrogen (secondary N) is 1. The zero-order valence-corrected chi connectivity index (χ0v) is 13.6. The molecule has 126 valence electrons. The van der Waals surface area contributed by atoms with Crippen LogP contribution >= 0.6 is 11.6 Å². The number of benzene rings is 1. The third-order valence-corrected chi connectivity index (χ3v) is 4.59. The van der Waals surface area contributed by atoms with E-state index in [9.17, 15) is 19.2 Å². The van der Waals surface area contributed by atoms with Gasteiger partial charge in [-0.3, -0.25) is 24.5 Å². The zero-order valence-electron chi connectivity index (χ0n) is 12.8. The molecule has 2 amide bonds. The fourth-order valence-corrected chi connectivity index (χ4v) is 3.23. The van der Waals surface area contributed by atoms with E-state index in [1.165, 1.54) is 6.07 Å². The van der Waals surface area contributed by atoms with Gasteiger partial charge in [0.05, 0.1) is 18.4 Å². The van der Waals surface area contributed by atoms with Crippen LogP contribution in [0, 0.1) is 11.8 Å². The second kappa shape index (κ2) is 6.73. The summed E-state index contributed by atoms with van der Waals surface area (Å²) >= 11 is 5.59. The first-order valence-electron chi connectivity index (χ1n) is 7.78.